The van der Waals surface area contributed by atoms with Crippen molar-refractivity contribution >= 4 is 64.6 Å². The van der Waals surface area contributed by atoms with E-state index in [0.717, 1.165) is 218 Å². The maximum Gasteiger partial charge on any atom is 1.00 e. The molecule has 1 heterocycles. The summed E-state index contributed by atoms with van der Waals surface area (Å²) in [6.45, 7) is 12.3. The Morgan fingerprint density at radius 1 is 0.418 bits per heavy atom. The van der Waals surface area contributed by atoms with Crippen molar-refractivity contribution in [2.24, 2.45) is 53.3 Å². The molecule has 740 valence electrons. The van der Waals surface area contributed by atoms with Crippen molar-refractivity contribution in [2.45, 2.75) is 346 Å². The van der Waals surface area contributed by atoms with Crippen molar-refractivity contribution < 1.29 is 122 Å². The Kier molecular flexibility index (Phi) is 49.4. The van der Waals surface area contributed by atoms with Gasteiger partial charge in [-0.2, -0.15) is 4.39 Å². The van der Waals surface area contributed by atoms with E-state index >= 15 is 0 Å². The largest absolute Gasteiger partial charge is 1.00 e. The molecule has 0 amide bonds. The molecule has 9 nitrogen and oxygen atoms in total. The van der Waals surface area contributed by atoms with Gasteiger partial charge in [0.15, 0.2) is 87.1 Å². The molecular formula is C108H145AlCl2F13LiO9. The number of aldehydes is 1. The van der Waals surface area contributed by atoms with Crippen molar-refractivity contribution in [3.63, 3.8) is 0 Å². The number of aliphatic hydroxyl groups is 1. The van der Waals surface area contributed by atoms with Gasteiger partial charge in [0.25, 0.3) is 0 Å². The molecule has 0 atom stereocenters. The van der Waals surface area contributed by atoms with E-state index in [1.54, 1.807) is 100 Å². The van der Waals surface area contributed by atoms with Crippen LogP contribution < -0.4 is 23.6 Å². The van der Waals surface area contributed by atoms with Crippen molar-refractivity contribution in [3.05, 3.63) is 204 Å². The van der Waals surface area contributed by atoms with Gasteiger partial charge >= 0.3 is 30.8 Å². The topological polar surface area (TPSA) is 136 Å². The molecular weight excluding hydrogens is 1790 g/mol. The smallest absolute Gasteiger partial charge is 1.00 e. The fourth-order valence-corrected chi connectivity index (χ4v) is 22.2. The van der Waals surface area contributed by atoms with Crippen LogP contribution in [-0.4, -0.2) is 96.1 Å². The van der Waals surface area contributed by atoms with Gasteiger partial charge in [0.1, 0.15) is 18.2 Å². The van der Waals surface area contributed by atoms with E-state index in [0.29, 0.717) is 155 Å². The van der Waals surface area contributed by atoms with E-state index in [-0.39, 0.29) is 120 Å². The average Bonchev–Trinajstić information content (AvgIpc) is 0.882. The van der Waals surface area contributed by atoms with Crippen LogP contribution in [0.4, 0.5) is 57.1 Å². The second-order valence-electron chi connectivity index (χ2n) is 38.8. The Balaban J connectivity index is 0.000000263. The fourth-order valence-electron chi connectivity index (χ4n) is 22.2. The maximum atomic E-state index is 14.9. The standard InChI is InChI=1S/C36H46F4O3.C19H26F2O.C19H24F2O.C14H16F2O2.C14H16F2O.C4H8O.CH2Cl2.CH3F.Al.Li.4H/c1-3-4-21-42-31-20-19-30(34(39)35(31)40)25-8-6-23(7-9-25)24-14-16-28(17-15-24)43-36(41)27-12-10-26(11-13-27)29-18-5-22(2)32(37)33(29)38;2*1-12-2-11-17(19(21)18(12)20)15-5-3-13(4-6-15)14-7-9-16(22)10-8-14;1-8-2-7-11(13(16)12(8)15)9-3-5-10(6-4-9)14(17)18;1-9-2-7-12(14(16)13(9)15)11-5-3-10(8-17)4-6-11;1-2-4-5-3-1;2-1-3;1-2;;;;;;/h5,18-20,23-28H,3-4,6-17,21H2,1-2H3;2,11,13-16,22H,3-10H2,1H3;2,11,13-15H,3-10H2,1H3;2,7,9-10H,3-6H2,1H3,(H,17,18);2,7-8,10-11H,3-6H2,1H3;1-4H2;1H2;1H3;;;;;;/q;;;;;;;;;+1;;;;-1/i;;;;;;;1D;;;;;;. The van der Waals surface area contributed by atoms with Gasteiger partial charge in [-0.1, -0.05) is 80.1 Å². The second-order valence-corrected chi connectivity index (χ2v) is 39.6. The van der Waals surface area contributed by atoms with Gasteiger partial charge in [-0.05, 0) is 410 Å². The first-order valence-electron chi connectivity index (χ1n) is 49.5. The van der Waals surface area contributed by atoms with Crippen LogP contribution in [0.3, 0.4) is 0 Å². The summed E-state index contributed by atoms with van der Waals surface area (Å²) in [7, 11) is -1.00. The number of rotatable bonds is 17. The van der Waals surface area contributed by atoms with E-state index in [9.17, 15) is 81.4 Å². The number of Topliss-reactive ketones (excluding diaryl/α,β-unsaturated/α-hetero) is 1. The molecule has 6 aromatic rings. The summed E-state index contributed by atoms with van der Waals surface area (Å²) in [5.74, 6) is -5.54. The molecule has 1 saturated heterocycles. The van der Waals surface area contributed by atoms with E-state index in [1.165, 1.54) is 19.8 Å². The van der Waals surface area contributed by atoms with Crippen molar-refractivity contribution in [1.82, 2.24) is 0 Å². The number of esters is 1. The molecule has 16 rings (SSSR count). The SMILES string of the molecule is C1CCOC1.CCCCOc1ccc(C2CCC(C3CCC(OC(=O)C4CCC(c5ccc(C)c(F)c5F)CC4)CC3)CC2)c(F)c1F.Cc1ccc(C2CCC(C(=O)O)CC2)c(F)c1F.Cc1ccc(C2CCC(C3CCC(=O)CC3)CC2)c(F)c1F.Cc1ccc(C2CCC(C3CCC(O)CC3)CC2)c(F)c1F.Cc1ccc(C2CCC(C=O)CC2)c(F)c1F.ClCCl.[2H]CF.[AlH3].[H-].[Li+]. The number of aliphatic carboxylic acids is 1. The molecule has 0 radical (unpaired) electrons. The molecule has 9 saturated carbocycles. The number of benzene rings is 6. The predicted octanol–water partition coefficient (Wildman–Crippen LogP) is 26.6. The number of alkyl halides is 3. The molecule has 0 spiro atoms. The molecule has 0 bridgehead atoms. The first kappa shape index (κ1) is 113. The van der Waals surface area contributed by atoms with Crippen LogP contribution in [0, 0.1) is 158 Å². The minimum Gasteiger partial charge on any atom is -1.00 e. The zero-order valence-corrected chi connectivity index (χ0v) is 80.6. The summed E-state index contributed by atoms with van der Waals surface area (Å²) in [5.41, 5.74) is 4.59. The Hall–Kier alpha value is -5.88. The number of halogens is 15. The summed E-state index contributed by atoms with van der Waals surface area (Å²) < 4.78 is 200. The Labute approximate surface area is 822 Å². The fraction of sp³-hybridized carbons (Fsp3) is 0.630. The van der Waals surface area contributed by atoms with Crippen molar-refractivity contribution in [2.75, 3.05) is 32.3 Å². The molecule has 0 aromatic heterocycles. The number of carbonyl (C=O) groups excluding carboxylic acids is 3. The van der Waals surface area contributed by atoms with Gasteiger partial charge in [-0.25, -0.2) is 48.3 Å². The van der Waals surface area contributed by atoms with Gasteiger partial charge in [-0.15, -0.1) is 23.2 Å². The third-order valence-corrected chi connectivity index (χ3v) is 30.6. The van der Waals surface area contributed by atoms with Crippen LogP contribution in [0.1, 0.15) is 363 Å². The first-order chi connectivity index (χ1) is 63.8. The zero-order valence-electron chi connectivity index (χ0n) is 81.1. The minimum atomic E-state index is -1.00. The minimum absolute atomic E-state index is 0. The number of hydrogen-bond donors (Lipinski definition) is 2. The number of ketones is 1. The van der Waals surface area contributed by atoms with Crippen LogP contribution in [0.25, 0.3) is 0 Å². The molecule has 10 fully saturated rings. The number of carbonyl (C=O) groups is 4. The summed E-state index contributed by atoms with van der Waals surface area (Å²) in [6, 6.07) is 20.0. The number of hydrogen-bond acceptors (Lipinski definition) is 8. The van der Waals surface area contributed by atoms with Crippen LogP contribution in [0.15, 0.2) is 72.8 Å². The van der Waals surface area contributed by atoms with Crippen LogP contribution >= 0.6 is 23.2 Å². The normalized spacial score (nSPS) is 26.3. The molecule has 26 heteroatoms. The monoisotopic (exact) mass is 1940 g/mol. The van der Waals surface area contributed by atoms with Crippen LogP contribution in [-0.2, 0) is 28.7 Å². The van der Waals surface area contributed by atoms with E-state index in [1.807, 2.05) is 6.92 Å². The van der Waals surface area contributed by atoms with Gasteiger partial charge in [0, 0.05) is 32.0 Å². The van der Waals surface area contributed by atoms with E-state index in [4.69, 9.17) is 43.9 Å². The molecule has 1 aliphatic heterocycles. The number of aliphatic hydroxyl groups excluding tert-OH is 1. The number of carboxylic acid groups (broad SMARTS) is 1. The van der Waals surface area contributed by atoms with Gasteiger partial charge < -0.3 is 30.6 Å². The van der Waals surface area contributed by atoms with E-state index < -0.39 is 82.9 Å². The summed E-state index contributed by atoms with van der Waals surface area (Å²) in [4.78, 5) is 45.8. The Morgan fingerprint density at radius 3 is 0.978 bits per heavy atom. The van der Waals surface area contributed by atoms with Crippen LogP contribution in [0.5, 0.6) is 5.75 Å². The Bertz CT molecular complexity index is 4610. The molecule has 10 aliphatic rings. The number of ether oxygens (including phenoxy) is 3. The summed E-state index contributed by atoms with van der Waals surface area (Å²) in [5, 5.41) is 18.7. The van der Waals surface area contributed by atoms with E-state index in [2.05, 4.69) is 0 Å². The number of aryl methyl sites for hydroxylation is 5. The number of unbranched alkanes of at least 4 members (excludes halogenated alkanes) is 1. The van der Waals surface area contributed by atoms with Crippen LogP contribution in [0.2, 0.25) is 0 Å². The number of carboxylic acids is 1. The zero-order chi connectivity index (χ0) is 96.5. The summed E-state index contributed by atoms with van der Waals surface area (Å²) in [6.07, 6.45) is 36.4. The first-order valence-corrected chi connectivity index (χ1v) is 49.9. The third-order valence-electron chi connectivity index (χ3n) is 30.6. The molecule has 9 aliphatic carbocycles. The quantitative estimate of drug-likeness (QED) is 0.0228. The van der Waals surface area contributed by atoms with Crippen molar-refractivity contribution in [3.8, 4) is 5.75 Å². The molecule has 0 unspecified atom stereocenters. The molecule has 6 aromatic carbocycles. The molecule has 134 heavy (non-hydrogen) atoms. The Morgan fingerprint density at radius 2 is 0.687 bits per heavy atom. The van der Waals surface area contributed by atoms with Gasteiger partial charge in [-0.3, -0.25) is 18.8 Å². The maximum absolute atomic E-state index is 14.9. The summed E-state index contributed by atoms with van der Waals surface area (Å²) >= 11 is 9.53. The second kappa shape index (κ2) is 58.4. The third kappa shape index (κ3) is 32.6. The predicted molar refractivity (Wildman–Crippen MR) is 506 cm³/mol. The average molecular weight is 1940 g/mol. The molecule has 2 N–H and O–H groups in total. The van der Waals surface area contributed by atoms with Gasteiger partial charge in [0.05, 0.1) is 38.4 Å². The van der Waals surface area contributed by atoms with Gasteiger partial charge in [0.2, 0.25) is 5.82 Å². The van der Waals surface area contributed by atoms with Crippen molar-refractivity contribution in [1.29, 1.82) is 0 Å².